The van der Waals surface area contributed by atoms with Crippen LogP contribution in [0, 0.1) is 16.0 Å². The maximum atomic E-state index is 12.9. The first kappa shape index (κ1) is 18.1. The van der Waals surface area contributed by atoms with Gasteiger partial charge in [0.25, 0.3) is 0 Å². The third kappa shape index (κ3) is 3.93. The quantitative estimate of drug-likeness (QED) is 0.484. The van der Waals surface area contributed by atoms with Crippen LogP contribution in [0.5, 0.6) is 0 Å². The van der Waals surface area contributed by atoms with Gasteiger partial charge in [-0.15, -0.1) is 0 Å². The Morgan fingerprint density at radius 3 is 2.15 bits per heavy atom. The first-order valence-electron chi connectivity index (χ1n) is 9.18. The van der Waals surface area contributed by atoms with Crippen molar-refractivity contribution in [1.82, 2.24) is 5.32 Å². The van der Waals surface area contributed by atoms with Crippen LogP contribution >= 0.6 is 0 Å². The molecule has 0 bridgehead atoms. The Morgan fingerprint density at radius 2 is 1.58 bits per heavy atom. The van der Waals surface area contributed by atoms with Crippen LogP contribution < -0.4 is 5.32 Å². The van der Waals surface area contributed by atoms with Crippen LogP contribution in [0.15, 0.2) is 60.7 Å². The smallest absolute Gasteiger partial charge is 0.287 e. The van der Waals surface area contributed by atoms with Crippen LogP contribution in [0.2, 0.25) is 0 Å². The van der Waals surface area contributed by atoms with Crippen molar-refractivity contribution in [3.63, 3.8) is 0 Å². The lowest BCUT2D eigenvalue weighted by Crippen LogP contribution is -2.55. The van der Waals surface area contributed by atoms with Crippen molar-refractivity contribution in [3.05, 3.63) is 81.9 Å². The maximum absolute atomic E-state index is 12.9. The molecule has 5 nitrogen and oxygen atoms in total. The van der Waals surface area contributed by atoms with Gasteiger partial charge in [-0.25, -0.2) is 0 Å². The van der Waals surface area contributed by atoms with Crippen molar-refractivity contribution in [2.24, 2.45) is 5.92 Å². The fraction of sp³-hybridized carbons (Fsp3) is 0.381. The van der Waals surface area contributed by atoms with Gasteiger partial charge < -0.3 is 0 Å². The minimum atomic E-state index is -1.66. The van der Waals surface area contributed by atoms with E-state index in [-0.39, 0.29) is 23.2 Å². The number of amides is 1. The number of rotatable bonds is 6. The molecule has 2 aromatic rings. The minimum absolute atomic E-state index is 0.114. The van der Waals surface area contributed by atoms with E-state index in [0.717, 1.165) is 37.7 Å². The average molecular weight is 352 g/mol. The Morgan fingerprint density at radius 1 is 1.00 bits per heavy atom. The monoisotopic (exact) mass is 352 g/mol. The molecule has 1 N–H and O–H groups in total. The Labute approximate surface area is 153 Å². The van der Waals surface area contributed by atoms with Crippen molar-refractivity contribution in [2.45, 2.75) is 44.2 Å². The van der Waals surface area contributed by atoms with E-state index in [1.54, 1.807) is 24.3 Å². The van der Waals surface area contributed by atoms with Crippen LogP contribution in [0.3, 0.4) is 0 Å². The second kappa shape index (κ2) is 8.13. The van der Waals surface area contributed by atoms with Gasteiger partial charge in [0.05, 0.1) is 16.9 Å². The van der Waals surface area contributed by atoms with Gasteiger partial charge in [-0.1, -0.05) is 67.8 Å². The average Bonchev–Trinajstić information content (AvgIpc) is 2.69. The molecule has 3 rings (SSSR count). The fourth-order valence-corrected chi connectivity index (χ4v) is 3.71. The number of nitro groups is 1. The Kier molecular flexibility index (Phi) is 5.66. The van der Waals surface area contributed by atoms with Crippen LogP contribution in [0.25, 0.3) is 0 Å². The summed E-state index contributed by atoms with van der Waals surface area (Å²) >= 11 is 0. The summed E-state index contributed by atoms with van der Waals surface area (Å²) < 4.78 is 0. The van der Waals surface area contributed by atoms with E-state index in [1.165, 1.54) is 0 Å². The molecule has 0 radical (unpaired) electrons. The van der Waals surface area contributed by atoms with Crippen molar-refractivity contribution < 1.29 is 9.72 Å². The molecule has 136 valence electrons. The number of benzene rings is 2. The maximum Gasteiger partial charge on any atom is 0.325 e. The first-order valence-corrected chi connectivity index (χ1v) is 9.18. The Bertz CT molecular complexity index is 742. The van der Waals surface area contributed by atoms with Crippen LogP contribution in [0.1, 0.15) is 43.2 Å². The summed E-state index contributed by atoms with van der Waals surface area (Å²) in [6.07, 6.45) is 4.87. The number of carbonyl (C=O) groups is 1. The van der Waals surface area contributed by atoms with Gasteiger partial charge in [0, 0.05) is 5.92 Å². The molecule has 26 heavy (non-hydrogen) atoms. The van der Waals surface area contributed by atoms with Crippen molar-refractivity contribution in [2.75, 3.05) is 0 Å². The molecule has 0 saturated heterocycles. The van der Waals surface area contributed by atoms with E-state index in [4.69, 9.17) is 0 Å². The van der Waals surface area contributed by atoms with E-state index in [1.807, 2.05) is 36.4 Å². The molecule has 1 aliphatic rings. The molecule has 1 aliphatic carbocycles. The zero-order valence-corrected chi connectivity index (χ0v) is 14.8. The van der Waals surface area contributed by atoms with Crippen LogP contribution in [-0.4, -0.2) is 10.8 Å². The summed E-state index contributed by atoms with van der Waals surface area (Å²) in [6, 6.07) is 18.1. The molecular weight excluding hydrogens is 328 g/mol. The summed E-state index contributed by atoms with van der Waals surface area (Å²) in [5.41, 5.74) is -0.341. The SMILES string of the molecule is O=C(NC(Cc1ccccc1)(c1ccccc1)[N+](=O)[O-])C1CCCCC1. The third-order valence-electron chi connectivity index (χ3n) is 5.17. The van der Waals surface area contributed by atoms with Gasteiger partial charge in [-0.3, -0.25) is 20.2 Å². The van der Waals surface area contributed by atoms with Crippen LogP contribution in [-0.2, 0) is 16.9 Å². The van der Waals surface area contributed by atoms with Crippen LogP contribution in [0.4, 0.5) is 0 Å². The summed E-state index contributed by atoms with van der Waals surface area (Å²) in [7, 11) is 0. The normalized spacial score (nSPS) is 17.2. The molecule has 1 unspecified atom stereocenters. The van der Waals surface area contributed by atoms with E-state index in [0.29, 0.717) is 5.56 Å². The molecule has 0 spiro atoms. The molecule has 1 saturated carbocycles. The lowest BCUT2D eigenvalue weighted by molar-refractivity contribution is -0.585. The van der Waals surface area contributed by atoms with Crippen molar-refractivity contribution >= 4 is 5.91 Å². The summed E-state index contributed by atoms with van der Waals surface area (Å²) in [5.74, 6) is -0.344. The van der Waals surface area contributed by atoms with E-state index in [9.17, 15) is 14.9 Å². The van der Waals surface area contributed by atoms with E-state index >= 15 is 0 Å². The van der Waals surface area contributed by atoms with Gasteiger partial charge in [0.15, 0.2) is 0 Å². The number of nitrogens with one attached hydrogen (secondary N) is 1. The number of hydrogen-bond donors (Lipinski definition) is 1. The van der Waals surface area contributed by atoms with E-state index < -0.39 is 5.66 Å². The topological polar surface area (TPSA) is 72.2 Å². The molecule has 1 amide bonds. The predicted octanol–water partition coefficient (Wildman–Crippen LogP) is 4.06. The summed E-state index contributed by atoms with van der Waals surface area (Å²) in [5, 5.41) is 15.1. The highest BCUT2D eigenvalue weighted by molar-refractivity contribution is 5.79. The Hall–Kier alpha value is -2.69. The highest BCUT2D eigenvalue weighted by atomic mass is 16.6. The van der Waals surface area contributed by atoms with Gasteiger partial charge in [0.2, 0.25) is 5.91 Å². The highest BCUT2D eigenvalue weighted by Crippen LogP contribution is 2.30. The van der Waals surface area contributed by atoms with E-state index in [2.05, 4.69) is 5.32 Å². The standard InChI is InChI=1S/C21H24N2O3/c24-20(18-12-6-2-7-13-18)22-21(23(25)26,19-14-8-3-9-15-19)16-17-10-4-1-5-11-17/h1,3-5,8-11,14-15,18H,2,6-7,12-13,16H2,(H,22,24). The second-order valence-corrected chi connectivity index (χ2v) is 6.97. The van der Waals surface area contributed by atoms with Gasteiger partial charge in [-0.2, -0.15) is 0 Å². The lowest BCUT2D eigenvalue weighted by Gasteiger charge is -2.30. The highest BCUT2D eigenvalue weighted by Gasteiger charge is 2.47. The first-order chi connectivity index (χ1) is 12.6. The molecule has 0 aliphatic heterocycles. The summed E-state index contributed by atoms with van der Waals surface area (Å²) in [4.78, 5) is 24.8. The molecule has 0 aromatic heterocycles. The van der Waals surface area contributed by atoms with Gasteiger partial charge in [-0.05, 0) is 30.5 Å². The summed E-state index contributed by atoms with van der Waals surface area (Å²) in [6.45, 7) is 0. The largest absolute Gasteiger partial charge is 0.325 e. The molecule has 5 heteroatoms. The minimum Gasteiger partial charge on any atom is -0.287 e. The molecule has 0 heterocycles. The fourth-order valence-electron chi connectivity index (χ4n) is 3.71. The molecule has 2 aromatic carbocycles. The molecule has 1 atom stereocenters. The lowest BCUT2D eigenvalue weighted by atomic mass is 9.86. The zero-order valence-electron chi connectivity index (χ0n) is 14.8. The van der Waals surface area contributed by atoms with Gasteiger partial charge >= 0.3 is 5.66 Å². The van der Waals surface area contributed by atoms with Crippen molar-refractivity contribution in [3.8, 4) is 0 Å². The number of nitrogens with zero attached hydrogens (tertiary/aromatic N) is 1. The molecule has 1 fully saturated rings. The van der Waals surface area contributed by atoms with Gasteiger partial charge in [0.1, 0.15) is 0 Å². The zero-order chi connectivity index (χ0) is 18.4. The second-order valence-electron chi connectivity index (χ2n) is 6.97. The molecular formula is C21H24N2O3. The Balaban J connectivity index is 1.96. The third-order valence-corrected chi connectivity index (χ3v) is 5.17. The predicted molar refractivity (Wildman–Crippen MR) is 100.0 cm³/mol. The van der Waals surface area contributed by atoms with Crippen molar-refractivity contribution in [1.29, 1.82) is 0 Å². The number of carbonyl (C=O) groups excluding carboxylic acids is 1. The number of hydrogen-bond acceptors (Lipinski definition) is 3.